The molecule has 0 bridgehead atoms. The van der Waals surface area contributed by atoms with E-state index in [1.165, 1.54) is 17.7 Å². The van der Waals surface area contributed by atoms with Crippen LogP contribution in [0.5, 0.6) is 0 Å². The summed E-state index contributed by atoms with van der Waals surface area (Å²) in [5, 5.41) is 11.1. The Balaban J connectivity index is 2.31. The van der Waals surface area contributed by atoms with Crippen LogP contribution < -0.4 is 5.11 Å². The number of carboxylic acid groups (broad SMARTS) is 1. The van der Waals surface area contributed by atoms with Crippen LogP contribution in [-0.4, -0.2) is 5.97 Å². The third-order valence-electron chi connectivity index (χ3n) is 3.35. The summed E-state index contributed by atoms with van der Waals surface area (Å²) in [7, 11) is 0. The normalized spacial score (nSPS) is 24.2. The van der Waals surface area contributed by atoms with Crippen LogP contribution in [0.1, 0.15) is 31.2 Å². The van der Waals surface area contributed by atoms with Gasteiger partial charge in [-0.05, 0) is 43.4 Å². The molecule has 0 amide bonds. The number of benzene rings is 1. The Labute approximate surface area is 99.8 Å². The lowest BCUT2D eigenvalue weighted by Gasteiger charge is -2.31. The molecule has 0 spiro atoms. The highest BCUT2D eigenvalue weighted by molar-refractivity contribution is 5.70. The second-order valence-electron chi connectivity index (χ2n) is 4.57. The van der Waals surface area contributed by atoms with Gasteiger partial charge in [0.15, 0.2) is 0 Å². The summed E-state index contributed by atoms with van der Waals surface area (Å²) in [6.45, 7) is 1.99. The first kappa shape index (κ1) is 11.8. The molecule has 17 heavy (non-hydrogen) atoms. The molecule has 2 rings (SSSR count). The van der Waals surface area contributed by atoms with Crippen molar-refractivity contribution in [1.82, 2.24) is 0 Å². The molecule has 0 radical (unpaired) electrons. The third-order valence-corrected chi connectivity index (χ3v) is 3.35. The average molecular weight is 233 g/mol. The van der Waals surface area contributed by atoms with E-state index in [-0.39, 0.29) is 11.7 Å². The van der Waals surface area contributed by atoms with Crippen molar-refractivity contribution in [2.24, 2.45) is 5.92 Å². The van der Waals surface area contributed by atoms with Gasteiger partial charge in [-0.2, -0.15) is 0 Å². The van der Waals surface area contributed by atoms with Gasteiger partial charge < -0.3 is 9.90 Å². The molecular formula is C14H14FO2-. The highest BCUT2D eigenvalue weighted by Gasteiger charge is 2.26. The Morgan fingerprint density at radius 3 is 2.59 bits per heavy atom. The van der Waals surface area contributed by atoms with Crippen molar-refractivity contribution in [3.8, 4) is 0 Å². The van der Waals surface area contributed by atoms with Gasteiger partial charge in [-0.3, -0.25) is 0 Å². The number of rotatable bonds is 2. The van der Waals surface area contributed by atoms with Crippen molar-refractivity contribution in [2.45, 2.75) is 25.7 Å². The Morgan fingerprint density at radius 2 is 2.00 bits per heavy atom. The maximum absolute atomic E-state index is 12.8. The van der Waals surface area contributed by atoms with Gasteiger partial charge in [0.25, 0.3) is 0 Å². The molecule has 0 heterocycles. The van der Waals surface area contributed by atoms with Crippen molar-refractivity contribution in [3.63, 3.8) is 0 Å². The zero-order valence-corrected chi connectivity index (χ0v) is 9.65. The van der Waals surface area contributed by atoms with E-state index in [1.54, 1.807) is 12.1 Å². The fourth-order valence-corrected chi connectivity index (χ4v) is 2.39. The van der Waals surface area contributed by atoms with Gasteiger partial charge in [-0.25, -0.2) is 4.39 Å². The summed E-state index contributed by atoms with van der Waals surface area (Å²) in [6, 6.07) is 6.06. The fraction of sp³-hybridized carbons (Fsp3) is 0.357. The molecule has 0 N–H and O–H groups in total. The summed E-state index contributed by atoms with van der Waals surface area (Å²) in [5.74, 6) is -1.94. The summed E-state index contributed by atoms with van der Waals surface area (Å²) < 4.78 is 12.8. The quantitative estimate of drug-likeness (QED) is 0.733. The topological polar surface area (TPSA) is 40.1 Å². The first-order valence-electron chi connectivity index (χ1n) is 5.70. The molecule has 0 saturated carbocycles. The minimum absolute atomic E-state index is 0.106. The molecule has 1 aliphatic carbocycles. The Morgan fingerprint density at radius 1 is 1.35 bits per heavy atom. The molecule has 2 atom stereocenters. The largest absolute Gasteiger partial charge is 0.550 e. The lowest BCUT2D eigenvalue weighted by atomic mass is 9.76. The zero-order chi connectivity index (χ0) is 12.4. The number of carbonyl (C=O) groups is 1. The van der Waals surface area contributed by atoms with E-state index in [0.29, 0.717) is 12.8 Å². The fourth-order valence-electron chi connectivity index (χ4n) is 2.39. The number of carbonyl (C=O) groups excluding carboxylic acids is 1. The SMILES string of the molecule is CC1=CC[C@H](C(=O)[O-])[C@@H](c2ccc(F)cc2)C1. The van der Waals surface area contributed by atoms with E-state index >= 15 is 0 Å². The smallest absolute Gasteiger partial charge is 0.123 e. The third kappa shape index (κ3) is 2.54. The zero-order valence-electron chi connectivity index (χ0n) is 9.65. The van der Waals surface area contributed by atoms with Gasteiger partial charge >= 0.3 is 0 Å². The molecule has 0 aliphatic heterocycles. The number of aliphatic carboxylic acids is 1. The number of hydrogen-bond acceptors (Lipinski definition) is 2. The van der Waals surface area contributed by atoms with Crippen molar-refractivity contribution in [1.29, 1.82) is 0 Å². The van der Waals surface area contributed by atoms with Crippen molar-refractivity contribution < 1.29 is 14.3 Å². The predicted octanol–water partition coefficient (Wildman–Crippen LogP) is 2.02. The minimum Gasteiger partial charge on any atom is -0.550 e. The number of carboxylic acids is 1. The first-order chi connectivity index (χ1) is 8.08. The molecule has 0 fully saturated rings. The van der Waals surface area contributed by atoms with E-state index < -0.39 is 11.9 Å². The first-order valence-corrected chi connectivity index (χ1v) is 5.70. The van der Waals surface area contributed by atoms with Crippen LogP contribution in [0.15, 0.2) is 35.9 Å². The Kier molecular flexibility index (Phi) is 3.27. The van der Waals surface area contributed by atoms with E-state index in [2.05, 4.69) is 0 Å². The maximum Gasteiger partial charge on any atom is 0.123 e. The summed E-state index contributed by atoms with van der Waals surface area (Å²) in [6.07, 6.45) is 3.14. The highest BCUT2D eigenvalue weighted by atomic mass is 19.1. The van der Waals surface area contributed by atoms with Crippen LogP contribution in [0.25, 0.3) is 0 Å². The van der Waals surface area contributed by atoms with Crippen LogP contribution >= 0.6 is 0 Å². The molecule has 0 unspecified atom stereocenters. The van der Waals surface area contributed by atoms with Crippen LogP contribution in [0.4, 0.5) is 4.39 Å². The van der Waals surface area contributed by atoms with Gasteiger partial charge in [0.05, 0.1) is 0 Å². The summed E-state index contributed by atoms with van der Waals surface area (Å²) >= 11 is 0. The van der Waals surface area contributed by atoms with Crippen LogP contribution in [0.3, 0.4) is 0 Å². The molecule has 90 valence electrons. The lowest BCUT2D eigenvalue weighted by molar-refractivity contribution is -0.312. The number of halogens is 1. The maximum atomic E-state index is 12.8. The van der Waals surface area contributed by atoms with Gasteiger partial charge in [0.2, 0.25) is 0 Å². The summed E-state index contributed by atoms with van der Waals surface area (Å²) in [4.78, 5) is 11.1. The van der Waals surface area contributed by atoms with E-state index in [1.807, 2.05) is 13.0 Å². The van der Waals surface area contributed by atoms with Crippen molar-refractivity contribution in [2.75, 3.05) is 0 Å². The second kappa shape index (κ2) is 4.70. The highest BCUT2D eigenvalue weighted by Crippen LogP contribution is 2.37. The number of allylic oxidation sites excluding steroid dienone is 2. The molecule has 1 aliphatic rings. The summed E-state index contributed by atoms with van der Waals surface area (Å²) in [5.41, 5.74) is 2.05. The molecule has 1 aromatic rings. The Hall–Kier alpha value is -1.64. The van der Waals surface area contributed by atoms with Gasteiger partial charge in [0.1, 0.15) is 5.82 Å². The van der Waals surface area contributed by atoms with Crippen LogP contribution in [0, 0.1) is 11.7 Å². The van der Waals surface area contributed by atoms with Gasteiger partial charge in [-0.1, -0.05) is 23.8 Å². The lowest BCUT2D eigenvalue weighted by Crippen LogP contribution is -2.36. The van der Waals surface area contributed by atoms with Crippen LogP contribution in [0.2, 0.25) is 0 Å². The predicted molar refractivity (Wildman–Crippen MR) is 60.6 cm³/mol. The molecule has 0 aromatic heterocycles. The standard InChI is InChI=1S/C14H15FO2/c1-9-2-7-12(14(16)17)13(8-9)10-3-5-11(15)6-4-10/h2-6,12-13H,7-8H2,1H3,(H,16,17)/p-1/t12-,13+/m0/s1. The van der Waals surface area contributed by atoms with E-state index in [4.69, 9.17) is 0 Å². The second-order valence-corrected chi connectivity index (χ2v) is 4.57. The van der Waals surface area contributed by atoms with Crippen molar-refractivity contribution in [3.05, 3.63) is 47.3 Å². The van der Waals surface area contributed by atoms with E-state index in [0.717, 1.165) is 5.56 Å². The van der Waals surface area contributed by atoms with Crippen molar-refractivity contribution >= 4 is 5.97 Å². The van der Waals surface area contributed by atoms with E-state index in [9.17, 15) is 14.3 Å². The van der Waals surface area contributed by atoms with Gasteiger partial charge in [-0.15, -0.1) is 0 Å². The van der Waals surface area contributed by atoms with Crippen LogP contribution in [-0.2, 0) is 4.79 Å². The monoisotopic (exact) mass is 233 g/mol. The number of hydrogen-bond donors (Lipinski definition) is 0. The minimum atomic E-state index is -1.02. The Bertz CT molecular complexity index is 448. The average Bonchev–Trinajstić information content (AvgIpc) is 2.29. The molecule has 3 heteroatoms. The molecular weight excluding hydrogens is 219 g/mol. The van der Waals surface area contributed by atoms with Gasteiger partial charge in [0, 0.05) is 11.9 Å². The molecule has 2 nitrogen and oxygen atoms in total. The molecule has 1 aromatic carbocycles. The molecule has 0 saturated heterocycles.